The maximum absolute atomic E-state index is 15.1. The molecule has 0 aliphatic carbocycles. The summed E-state index contributed by atoms with van der Waals surface area (Å²) in [7, 11) is 1.13. The highest BCUT2D eigenvalue weighted by molar-refractivity contribution is 6.05. The molecule has 2 amide bonds. The van der Waals surface area contributed by atoms with Crippen molar-refractivity contribution in [3.05, 3.63) is 81.8 Å². The number of nitrogens with one attached hydrogen (secondary N) is 1. The molecule has 236 valence electrons. The highest BCUT2D eigenvalue weighted by Crippen LogP contribution is 2.36. The number of benzene rings is 2. The van der Waals surface area contributed by atoms with Crippen LogP contribution in [0.3, 0.4) is 0 Å². The molecule has 0 spiro atoms. The fourth-order valence-electron chi connectivity index (χ4n) is 4.48. The first kappa shape index (κ1) is 32.2. The fourth-order valence-corrected chi connectivity index (χ4v) is 4.48. The molecule has 2 heterocycles. The largest absolute Gasteiger partial charge is 0.573 e. The van der Waals surface area contributed by atoms with Gasteiger partial charge in [0.05, 0.1) is 13.7 Å². The lowest BCUT2D eigenvalue weighted by Gasteiger charge is -2.20. The molecular weight excluding hydrogens is 616 g/mol. The minimum atomic E-state index is -5.11. The standard InChI is InChI=1S/C26H20F8N4O6/c1-43-14-8-16(27)20(17(28)9-14)15-10-37(18-6-7-35-38(23(18)41)11-19(39)25(29,30)31)24(42)21(15)36-22(40)12-2-4-13(5-3-12)44-26(32,33)34/h2-9,15,19,21,39H,10-11H2,1H3,(H,36,40)/t15-,19?,21-/m0/s1. The number of halogens is 8. The molecule has 1 aromatic heterocycles. The molecule has 1 unspecified atom stereocenters. The molecule has 18 heteroatoms. The van der Waals surface area contributed by atoms with Crippen LogP contribution in [0.1, 0.15) is 21.8 Å². The van der Waals surface area contributed by atoms with Crippen LogP contribution >= 0.6 is 0 Å². The van der Waals surface area contributed by atoms with Gasteiger partial charge in [-0.25, -0.2) is 13.5 Å². The van der Waals surface area contributed by atoms with Crippen molar-refractivity contribution in [3.63, 3.8) is 0 Å². The van der Waals surface area contributed by atoms with E-state index in [2.05, 4.69) is 15.2 Å². The normalized spacial score (nSPS) is 17.9. The van der Waals surface area contributed by atoms with Crippen molar-refractivity contribution in [3.8, 4) is 11.5 Å². The first-order chi connectivity index (χ1) is 20.5. The molecule has 2 aromatic carbocycles. The van der Waals surface area contributed by atoms with Gasteiger partial charge in [0.2, 0.25) is 5.91 Å². The third kappa shape index (κ3) is 6.90. The third-order valence-electron chi connectivity index (χ3n) is 6.52. The van der Waals surface area contributed by atoms with Crippen molar-refractivity contribution >= 4 is 17.5 Å². The molecule has 1 aliphatic rings. The number of aliphatic hydroxyl groups is 1. The lowest BCUT2D eigenvalue weighted by molar-refractivity contribution is -0.274. The van der Waals surface area contributed by atoms with Gasteiger partial charge in [-0.05, 0) is 30.3 Å². The van der Waals surface area contributed by atoms with Gasteiger partial charge in [0, 0.05) is 41.9 Å². The molecule has 4 rings (SSSR count). The Morgan fingerprint density at radius 3 is 2.20 bits per heavy atom. The lowest BCUT2D eigenvalue weighted by Crippen LogP contribution is -2.45. The van der Waals surface area contributed by atoms with E-state index >= 15 is 8.78 Å². The summed E-state index contributed by atoms with van der Waals surface area (Å²) in [5.41, 5.74) is -2.84. The van der Waals surface area contributed by atoms with Crippen molar-refractivity contribution in [1.82, 2.24) is 15.1 Å². The van der Waals surface area contributed by atoms with Gasteiger partial charge in [-0.1, -0.05) is 0 Å². The molecule has 1 saturated heterocycles. The third-order valence-corrected chi connectivity index (χ3v) is 6.52. The molecule has 3 atom stereocenters. The number of hydrogen-bond donors (Lipinski definition) is 2. The molecule has 0 radical (unpaired) electrons. The van der Waals surface area contributed by atoms with Crippen LogP contribution in [0.25, 0.3) is 0 Å². The number of amides is 2. The maximum atomic E-state index is 15.1. The van der Waals surface area contributed by atoms with E-state index in [4.69, 9.17) is 4.74 Å². The predicted octanol–water partition coefficient (Wildman–Crippen LogP) is 3.28. The van der Waals surface area contributed by atoms with E-state index < -0.39 is 89.7 Å². The van der Waals surface area contributed by atoms with Gasteiger partial charge < -0.3 is 24.8 Å². The molecule has 0 saturated carbocycles. The minimum absolute atomic E-state index is 0.230. The van der Waals surface area contributed by atoms with Gasteiger partial charge in [0.15, 0.2) is 6.10 Å². The molecule has 10 nitrogen and oxygen atoms in total. The summed E-state index contributed by atoms with van der Waals surface area (Å²) in [4.78, 5) is 40.2. The second-order valence-corrected chi connectivity index (χ2v) is 9.34. The fraction of sp³-hybridized carbons (Fsp3) is 0.308. The van der Waals surface area contributed by atoms with Gasteiger partial charge in [0.1, 0.15) is 34.9 Å². The quantitative estimate of drug-likeness (QED) is 0.364. The first-order valence-electron chi connectivity index (χ1n) is 12.3. The Labute approximate surface area is 241 Å². The summed E-state index contributed by atoms with van der Waals surface area (Å²) >= 11 is 0. The van der Waals surface area contributed by atoms with Crippen LogP contribution < -0.4 is 25.2 Å². The van der Waals surface area contributed by atoms with E-state index in [0.29, 0.717) is 4.90 Å². The van der Waals surface area contributed by atoms with Crippen LogP contribution in [0.5, 0.6) is 11.5 Å². The highest BCUT2D eigenvalue weighted by atomic mass is 19.4. The van der Waals surface area contributed by atoms with Crippen LogP contribution in [0, 0.1) is 11.6 Å². The Morgan fingerprint density at radius 1 is 1.05 bits per heavy atom. The number of carbonyl (C=O) groups excluding carboxylic acids is 2. The van der Waals surface area contributed by atoms with Crippen molar-refractivity contribution in [2.45, 2.75) is 37.1 Å². The Bertz CT molecular complexity index is 1590. The Kier molecular flexibility index (Phi) is 8.85. The number of aliphatic hydroxyl groups excluding tert-OH is 1. The van der Waals surface area contributed by atoms with Crippen LogP contribution in [-0.4, -0.2) is 65.0 Å². The van der Waals surface area contributed by atoms with Crippen molar-refractivity contribution in [2.24, 2.45) is 0 Å². The van der Waals surface area contributed by atoms with E-state index in [0.717, 1.165) is 55.8 Å². The number of anilines is 1. The van der Waals surface area contributed by atoms with E-state index in [-0.39, 0.29) is 16.0 Å². The minimum Gasteiger partial charge on any atom is -0.497 e. The number of alkyl halides is 6. The number of aromatic nitrogens is 2. The van der Waals surface area contributed by atoms with Gasteiger partial charge in [0.25, 0.3) is 11.5 Å². The predicted molar refractivity (Wildman–Crippen MR) is 133 cm³/mol. The average molecular weight is 636 g/mol. The van der Waals surface area contributed by atoms with Gasteiger partial charge >= 0.3 is 12.5 Å². The van der Waals surface area contributed by atoms with E-state index in [9.17, 15) is 45.8 Å². The number of hydrogen-bond acceptors (Lipinski definition) is 7. The van der Waals surface area contributed by atoms with Crippen LogP contribution in [0.15, 0.2) is 53.5 Å². The molecular formula is C26H20F8N4O6. The number of nitrogens with zero attached hydrogens (tertiary/aromatic N) is 3. The first-order valence-corrected chi connectivity index (χ1v) is 12.3. The summed E-state index contributed by atoms with van der Waals surface area (Å²) in [6.45, 7) is -2.00. The van der Waals surface area contributed by atoms with Crippen molar-refractivity contribution < 1.29 is 59.3 Å². The maximum Gasteiger partial charge on any atom is 0.573 e. The highest BCUT2D eigenvalue weighted by Gasteiger charge is 2.46. The second-order valence-electron chi connectivity index (χ2n) is 9.34. The summed E-state index contributed by atoms with van der Waals surface area (Å²) < 4.78 is 115. The van der Waals surface area contributed by atoms with E-state index in [1.165, 1.54) is 0 Å². The molecule has 44 heavy (non-hydrogen) atoms. The summed E-state index contributed by atoms with van der Waals surface area (Å²) in [6, 6.07) is 4.20. The van der Waals surface area contributed by atoms with Crippen LogP contribution in [-0.2, 0) is 11.3 Å². The zero-order chi connectivity index (χ0) is 32.6. The molecule has 1 aliphatic heterocycles. The van der Waals surface area contributed by atoms with E-state index in [1.807, 2.05) is 0 Å². The van der Waals surface area contributed by atoms with Gasteiger partial charge in [-0.2, -0.15) is 18.3 Å². The Balaban J connectivity index is 1.71. The second kappa shape index (κ2) is 12.1. The zero-order valence-corrected chi connectivity index (χ0v) is 22.1. The molecule has 1 fully saturated rings. The Hall–Kier alpha value is -4.74. The average Bonchev–Trinajstić information content (AvgIpc) is 3.23. The SMILES string of the molecule is COc1cc(F)c([C@@H]2CN(c3ccnn(CC(O)C(F)(F)F)c3=O)C(=O)[C@H]2NC(=O)c2ccc(OC(F)(F)F)cc2)c(F)c1. The van der Waals surface area contributed by atoms with Crippen molar-refractivity contribution in [2.75, 3.05) is 18.6 Å². The summed E-state index contributed by atoms with van der Waals surface area (Å²) in [6.07, 6.45) is -12.3. The number of methoxy groups -OCH3 is 1. The monoisotopic (exact) mass is 636 g/mol. The van der Waals surface area contributed by atoms with Crippen LogP contribution in [0.2, 0.25) is 0 Å². The van der Waals surface area contributed by atoms with Crippen molar-refractivity contribution in [1.29, 1.82) is 0 Å². The topological polar surface area (TPSA) is 123 Å². The van der Waals surface area contributed by atoms with E-state index in [1.54, 1.807) is 0 Å². The summed E-state index contributed by atoms with van der Waals surface area (Å²) in [5, 5.41) is 15.1. The zero-order valence-electron chi connectivity index (χ0n) is 22.1. The Morgan fingerprint density at radius 2 is 1.66 bits per heavy atom. The lowest BCUT2D eigenvalue weighted by atomic mass is 9.92. The number of ether oxygens (including phenoxy) is 2. The smallest absolute Gasteiger partial charge is 0.497 e. The van der Waals surface area contributed by atoms with Gasteiger partial charge in [-0.15, -0.1) is 13.2 Å². The van der Waals surface area contributed by atoms with Gasteiger partial charge in [-0.3, -0.25) is 14.4 Å². The van der Waals surface area contributed by atoms with Crippen LogP contribution in [0.4, 0.5) is 40.8 Å². The number of carbonyl (C=O) groups is 2. The summed E-state index contributed by atoms with van der Waals surface area (Å²) in [5.74, 6) is -7.00. The molecule has 3 aromatic rings. The molecule has 2 N–H and O–H groups in total. The molecule has 0 bridgehead atoms. The number of rotatable bonds is 8.